The van der Waals surface area contributed by atoms with Crippen molar-refractivity contribution in [3.63, 3.8) is 0 Å². The van der Waals surface area contributed by atoms with Crippen LogP contribution in [0.3, 0.4) is 0 Å². The highest BCUT2D eigenvalue weighted by atomic mass is 79.9. The standard InChI is InChI=1S/C10H18Br2O3/c1-2-3-4-5-6-7-8(11)9(12)10(13,14)15/h13-15H,2-7H2,1H3. The first-order chi connectivity index (χ1) is 6.89. The van der Waals surface area contributed by atoms with E-state index in [2.05, 4.69) is 38.8 Å². The molecule has 0 aliphatic heterocycles. The minimum absolute atomic E-state index is 0.0227. The van der Waals surface area contributed by atoms with Gasteiger partial charge in [-0.2, -0.15) is 0 Å². The van der Waals surface area contributed by atoms with Crippen LogP contribution in [0, 0.1) is 0 Å². The summed E-state index contributed by atoms with van der Waals surface area (Å²) in [5.41, 5.74) is 0. The molecule has 0 heterocycles. The molecule has 0 aliphatic carbocycles. The molecule has 0 fully saturated rings. The van der Waals surface area contributed by atoms with E-state index in [4.69, 9.17) is 15.3 Å². The number of aliphatic hydroxyl groups is 3. The van der Waals surface area contributed by atoms with Crippen molar-refractivity contribution in [2.24, 2.45) is 0 Å². The molecule has 0 aromatic heterocycles. The Morgan fingerprint density at radius 3 is 2.00 bits per heavy atom. The van der Waals surface area contributed by atoms with E-state index in [0.717, 1.165) is 12.8 Å². The highest BCUT2D eigenvalue weighted by Gasteiger charge is 2.25. The van der Waals surface area contributed by atoms with Gasteiger partial charge in [0.2, 0.25) is 0 Å². The second-order valence-electron chi connectivity index (χ2n) is 3.52. The number of unbranched alkanes of at least 4 members (excludes halogenated alkanes) is 4. The van der Waals surface area contributed by atoms with Gasteiger partial charge >= 0.3 is 5.97 Å². The maximum Gasteiger partial charge on any atom is 0.312 e. The van der Waals surface area contributed by atoms with Crippen molar-refractivity contribution >= 4 is 31.9 Å². The van der Waals surface area contributed by atoms with Gasteiger partial charge in [-0.1, -0.05) is 48.5 Å². The topological polar surface area (TPSA) is 60.7 Å². The van der Waals surface area contributed by atoms with Gasteiger partial charge in [-0.25, -0.2) is 0 Å². The Morgan fingerprint density at radius 2 is 1.53 bits per heavy atom. The van der Waals surface area contributed by atoms with Gasteiger partial charge in [-0.15, -0.1) is 0 Å². The molecule has 0 saturated carbocycles. The van der Waals surface area contributed by atoms with E-state index in [1.807, 2.05) is 0 Å². The highest BCUT2D eigenvalue weighted by molar-refractivity contribution is 9.14. The maximum absolute atomic E-state index is 8.87. The van der Waals surface area contributed by atoms with Crippen molar-refractivity contribution in [3.05, 3.63) is 8.96 Å². The van der Waals surface area contributed by atoms with Crippen LogP contribution >= 0.6 is 31.9 Å². The first-order valence-corrected chi connectivity index (χ1v) is 6.70. The SMILES string of the molecule is CCCCCCCC(Br)=C(Br)C(O)(O)O. The minimum atomic E-state index is -2.78. The van der Waals surface area contributed by atoms with Gasteiger partial charge in [0, 0.05) is 4.48 Å². The quantitative estimate of drug-likeness (QED) is 0.491. The molecule has 0 unspecified atom stereocenters. The van der Waals surface area contributed by atoms with Crippen molar-refractivity contribution in [2.45, 2.75) is 51.4 Å². The van der Waals surface area contributed by atoms with Crippen LogP contribution in [0.2, 0.25) is 0 Å². The molecule has 3 nitrogen and oxygen atoms in total. The maximum atomic E-state index is 8.87. The predicted molar refractivity (Wildman–Crippen MR) is 67.6 cm³/mol. The van der Waals surface area contributed by atoms with Crippen LogP contribution in [0.5, 0.6) is 0 Å². The predicted octanol–water partition coefficient (Wildman–Crippen LogP) is 2.98. The molecule has 0 rings (SSSR count). The van der Waals surface area contributed by atoms with Gasteiger partial charge in [0.25, 0.3) is 0 Å². The van der Waals surface area contributed by atoms with Crippen LogP contribution in [0.1, 0.15) is 45.4 Å². The largest absolute Gasteiger partial charge is 0.339 e. The molecule has 0 aromatic rings. The lowest BCUT2D eigenvalue weighted by molar-refractivity contribution is -0.275. The molecule has 90 valence electrons. The zero-order chi connectivity index (χ0) is 11.9. The number of rotatable bonds is 7. The molecular weight excluding hydrogens is 328 g/mol. The van der Waals surface area contributed by atoms with Crippen molar-refractivity contribution in [2.75, 3.05) is 0 Å². The van der Waals surface area contributed by atoms with Crippen LogP contribution in [-0.2, 0) is 0 Å². The molecule has 0 bridgehead atoms. The molecule has 0 aliphatic rings. The number of allylic oxidation sites excluding steroid dienone is 1. The van der Waals surface area contributed by atoms with E-state index < -0.39 is 5.97 Å². The number of halogens is 2. The minimum Gasteiger partial charge on any atom is -0.339 e. The Labute approximate surface area is 107 Å². The summed E-state index contributed by atoms with van der Waals surface area (Å²) in [4.78, 5) is 0. The molecule has 5 heteroatoms. The van der Waals surface area contributed by atoms with Crippen LogP contribution in [0.15, 0.2) is 8.96 Å². The Hall–Kier alpha value is 0.580. The molecule has 0 aromatic carbocycles. The summed E-state index contributed by atoms with van der Waals surface area (Å²) in [5.74, 6) is -2.78. The van der Waals surface area contributed by atoms with Gasteiger partial charge < -0.3 is 15.3 Å². The van der Waals surface area contributed by atoms with Gasteiger partial charge in [0.05, 0.1) is 4.48 Å². The smallest absolute Gasteiger partial charge is 0.312 e. The fraction of sp³-hybridized carbons (Fsp3) is 0.800. The Morgan fingerprint density at radius 1 is 1.00 bits per heavy atom. The van der Waals surface area contributed by atoms with Crippen molar-refractivity contribution in [3.8, 4) is 0 Å². The summed E-state index contributed by atoms with van der Waals surface area (Å²) in [5, 5.41) is 26.6. The summed E-state index contributed by atoms with van der Waals surface area (Å²) in [7, 11) is 0. The summed E-state index contributed by atoms with van der Waals surface area (Å²) in [6.45, 7) is 2.16. The normalized spacial score (nSPS) is 14.0. The fourth-order valence-corrected chi connectivity index (χ4v) is 1.92. The van der Waals surface area contributed by atoms with Crippen molar-refractivity contribution in [1.29, 1.82) is 0 Å². The van der Waals surface area contributed by atoms with Gasteiger partial charge in [-0.05, 0) is 28.8 Å². The molecule has 15 heavy (non-hydrogen) atoms. The average molecular weight is 346 g/mol. The second-order valence-corrected chi connectivity index (χ2v) is 5.27. The van der Waals surface area contributed by atoms with Gasteiger partial charge in [-0.3, -0.25) is 0 Å². The summed E-state index contributed by atoms with van der Waals surface area (Å²) in [6, 6.07) is 0. The zero-order valence-corrected chi connectivity index (χ0v) is 12.0. The molecule has 3 N–H and O–H groups in total. The summed E-state index contributed by atoms with van der Waals surface area (Å²) < 4.78 is 0.567. The Balaban J connectivity index is 3.87. The van der Waals surface area contributed by atoms with E-state index >= 15 is 0 Å². The molecular formula is C10H18Br2O3. The lowest BCUT2D eigenvalue weighted by atomic mass is 10.1. The van der Waals surface area contributed by atoms with Gasteiger partial charge in [0.15, 0.2) is 0 Å². The zero-order valence-electron chi connectivity index (χ0n) is 8.84. The lowest BCUT2D eigenvalue weighted by Gasteiger charge is -2.15. The molecule has 0 spiro atoms. The van der Waals surface area contributed by atoms with Crippen LogP contribution < -0.4 is 0 Å². The summed E-state index contributed by atoms with van der Waals surface area (Å²) in [6.07, 6.45) is 6.38. The van der Waals surface area contributed by atoms with Crippen molar-refractivity contribution in [1.82, 2.24) is 0 Å². The third-order valence-corrected chi connectivity index (χ3v) is 4.37. The lowest BCUT2D eigenvalue weighted by Crippen LogP contribution is -2.27. The van der Waals surface area contributed by atoms with Gasteiger partial charge in [0.1, 0.15) is 0 Å². The Kier molecular flexibility index (Phi) is 8.09. The second kappa shape index (κ2) is 7.79. The Bertz CT molecular complexity index is 209. The molecule has 0 radical (unpaired) electrons. The van der Waals surface area contributed by atoms with E-state index in [0.29, 0.717) is 10.9 Å². The first-order valence-electron chi connectivity index (χ1n) is 5.11. The molecule has 0 amide bonds. The number of hydrogen-bond donors (Lipinski definition) is 3. The molecule has 0 atom stereocenters. The number of hydrogen-bond acceptors (Lipinski definition) is 3. The van der Waals surface area contributed by atoms with E-state index in [-0.39, 0.29) is 4.48 Å². The first kappa shape index (κ1) is 15.6. The third-order valence-electron chi connectivity index (χ3n) is 2.03. The van der Waals surface area contributed by atoms with E-state index in [9.17, 15) is 0 Å². The van der Waals surface area contributed by atoms with Crippen LogP contribution in [-0.4, -0.2) is 21.3 Å². The van der Waals surface area contributed by atoms with Crippen molar-refractivity contribution < 1.29 is 15.3 Å². The van der Waals surface area contributed by atoms with Crippen LogP contribution in [0.4, 0.5) is 0 Å². The fourth-order valence-electron chi connectivity index (χ4n) is 1.18. The third kappa shape index (κ3) is 7.47. The molecule has 0 saturated heterocycles. The van der Waals surface area contributed by atoms with E-state index in [1.54, 1.807) is 0 Å². The summed E-state index contributed by atoms with van der Waals surface area (Å²) >= 11 is 6.13. The highest BCUT2D eigenvalue weighted by Crippen LogP contribution is 2.29. The van der Waals surface area contributed by atoms with E-state index in [1.165, 1.54) is 19.3 Å². The van der Waals surface area contributed by atoms with Crippen LogP contribution in [0.25, 0.3) is 0 Å². The average Bonchev–Trinajstić information content (AvgIpc) is 2.14. The monoisotopic (exact) mass is 344 g/mol.